The average Bonchev–Trinajstić information content (AvgIpc) is 3.87. The van der Waals surface area contributed by atoms with Gasteiger partial charge in [-0.1, -0.05) is 39.3 Å². The molecule has 5 rings (SSSR count). The molecule has 0 radical (unpaired) electrons. The first-order valence-electron chi connectivity index (χ1n) is 18.9. The predicted octanol–water partition coefficient (Wildman–Crippen LogP) is 5.00. The number of aromatic amines is 1. The fourth-order valence-corrected chi connectivity index (χ4v) is 7.82. The molecular formula is C40H58N2O10. The number of carbonyl (C=O) groups is 3. The molecule has 0 amide bonds. The molecule has 5 heterocycles. The molecule has 7 unspecified atom stereocenters. The number of H-pyrrole nitrogens is 1. The van der Waals surface area contributed by atoms with Crippen molar-refractivity contribution in [2.24, 2.45) is 34.1 Å². The molecule has 12 nitrogen and oxygen atoms in total. The van der Waals surface area contributed by atoms with Gasteiger partial charge in [-0.15, -0.1) is 0 Å². The van der Waals surface area contributed by atoms with Crippen LogP contribution in [0.1, 0.15) is 98.4 Å². The first-order valence-corrected chi connectivity index (χ1v) is 18.9. The Kier molecular flexibility index (Phi) is 13.1. The van der Waals surface area contributed by atoms with Crippen molar-refractivity contribution in [3.05, 3.63) is 46.3 Å². The lowest BCUT2D eigenvalue weighted by Crippen LogP contribution is -2.43. The van der Waals surface area contributed by atoms with Crippen molar-refractivity contribution in [2.45, 2.75) is 124 Å². The van der Waals surface area contributed by atoms with Crippen molar-refractivity contribution in [2.75, 3.05) is 26.4 Å². The number of nitrogens with zero attached hydrogens (tertiary/aromatic N) is 1. The molecular weight excluding hydrogens is 668 g/mol. The zero-order chi connectivity index (χ0) is 37.7. The second kappa shape index (κ2) is 17.1. The van der Waals surface area contributed by atoms with E-state index in [1.165, 1.54) is 18.1 Å². The molecule has 4 aliphatic rings. The van der Waals surface area contributed by atoms with Crippen LogP contribution in [0.2, 0.25) is 0 Å². The zero-order valence-electron chi connectivity index (χ0n) is 31.8. The van der Waals surface area contributed by atoms with Crippen LogP contribution in [0.3, 0.4) is 0 Å². The number of cyclic esters (lactones) is 1. The lowest BCUT2D eigenvalue weighted by molar-refractivity contribution is -0.164. The van der Waals surface area contributed by atoms with Gasteiger partial charge >= 0.3 is 17.9 Å². The molecule has 0 saturated carbocycles. The first kappa shape index (κ1) is 39.7. The van der Waals surface area contributed by atoms with Gasteiger partial charge in [-0.2, -0.15) is 0 Å². The quantitative estimate of drug-likeness (QED) is 0.170. The molecule has 8 atom stereocenters. The number of rotatable bonds is 10. The highest BCUT2D eigenvalue weighted by Gasteiger charge is 2.57. The third kappa shape index (κ3) is 8.99. The Balaban J connectivity index is 1.49. The summed E-state index contributed by atoms with van der Waals surface area (Å²) in [6, 6.07) is 3.51. The van der Waals surface area contributed by atoms with Crippen LogP contribution in [0.4, 0.5) is 0 Å². The fourth-order valence-electron chi connectivity index (χ4n) is 7.82. The summed E-state index contributed by atoms with van der Waals surface area (Å²) in [5, 5.41) is 19.7. The van der Waals surface area contributed by atoms with Gasteiger partial charge < -0.3 is 38.9 Å². The predicted molar refractivity (Wildman–Crippen MR) is 193 cm³/mol. The van der Waals surface area contributed by atoms with Gasteiger partial charge in [0.1, 0.15) is 17.7 Å². The van der Waals surface area contributed by atoms with Crippen molar-refractivity contribution in [1.29, 1.82) is 0 Å². The van der Waals surface area contributed by atoms with Gasteiger partial charge in [0.15, 0.2) is 18.3 Å². The molecule has 52 heavy (non-hydrogen) atoms. The number of aliphatic hydroxyl groups excluding tert-OH is 2. The van der Waals surface area contributed by atoms with E-state index in [2.05, 4.69) is 25.8 Å². The summed E-state index contributed by atoms with van der Waals surface area (Å²) in [6.07, 6.45) is 2.98. The topological polar surface area (TPSA) is 166 Å². The Morgan fingerprint density at radius 1 is 1.06 bits per heavy atom. The Hall–Kier alpha value is -3.48. The van der Waals surface area contributed by atoms with E-state index < -0.39 is 54.2 Å². The van der Waals surface area contributed by atoms with Crippen LogP contribution in [0, 0.1) is 29.1 Å². The molecule has 2 fully saturated rings. The number of nitrogens with one attached hydrogen (secondary N) is 1. The second-order valence-electron chi connectivity index (χ2n) is 16.1. The number of aliphatic imine (C=N–C) groups is 1. The van der Waals surface area contributed by atoms with Crippen LogP contribution < -0.4 is 0 Å². The number of fused-ring (bicyclic) bond motifs is 6. The third-order valence-corrected chi connectivity index (χ3v) is 10.9. The van der Waals surface area contributed by atoms with Gasteiger partial charge in [0, 0.05) is 24.6 Å². The number of allylic oxidation sites excluding steroid dienone is 2. The van der Waals surface area contributed by atoms with Crippen molar-refractivity contribution in [3.8, 4) is 0 Å². The van der Waals surface area contributed by atoms with Crippen LogP contribution in [0.5, 0.6) is 0 Å². The summed E-state index contributed by atoms with van der Waals surface area (Å²) >= 11 is 0. The number of esters is 3. The van der Waals surface area contributed by atoms with Crippen molar-refractivity contribution in [3.63, 3.8) is 0 Å². The maximum Gasteiger partial charge on any atom is 0.318 e. The molecule has 12 heteroatoms. The lowest BCUT2D eigenvalue weighted by Gasteiger charge is -2.28. The minimum Gasteiger partial charge on any atom is -0.467 e. The largest absolute Gasteiger partial charge is 0.467 e. The number of aromatic nitrogens is 1. The summed E-state index contributed by atoms with van der Waals surface area (Å²) < 4.78 is 30.4. The Morgan fingerprint density at radius 3 is 2.50 bits per heavy atom. The highest BCUT2D eigenvalue weighted by atomic mass is 16.6. The van der Waals surface area contributed by atoms with E-state index >= 15 is 0 Å². The molecule has 0 aliphatic carbocycles. The Labute approximate surface area is 307 Å². The van der Waals surface area contributed by atoms with Gasteiger partial charge in [-0.25, -0.2) is 4.99 Å². The Bertz CT molecular complexity index is 1540. The van der Waals surface area contributed by atoms with E-state index in [4.69, 9.17) is 28.7 Å². The van der Waals surface area contributed by atoms with Crippen molar-refractivity contribution < 1.29 is 48.3 Å². The number of aliphatic hydroxyl groups is 2. The van der Waals surface area contributed by atoms with E-state index in [1.807, 2.05) is 32.1 Å². The standard InChI is InChI=1S/C40H58N2O10/c1-22(2)15-26-17-34(45)51-36-35(52-39(47)40(36,7)21-44)25(6)10-11-27-12-13-30(41-27)37-42-31(33(50-37)20-49-38(26)46)18-28-29(24(5)9-8-14-43)19-48-32(28)16-23(3)4/h10,12-13,22-23,26,28,31-33,35-36,41,43-44H,8-9,11,14-21H2,1-7H3/b25-10-,29-24-/t26-,28?,31?,32?,33?,35?,36?,40?/m0/s1. The number of carbonyl (C=O) groups excluding carboxylic acids is 3. The Morgan fingerprint density at radius 2 is 1.81 bits per heavy atom. The second-order valence-corrected chi connectivity index (χ2v) is 16.1. The fraction of sp³-hybridized carbons (Fsp3) is 0.700. The van der Waals surface area contributed by atoms with E-state index in [0.717, 1.165) is 18.5 Å². The highest BCUT2D eigenvalue weighted by Crippen LogP contribution is 2.41. The minimum absolute atomic E-state index is 0.0102. The first-order chi connectivity index (χ1) is 24.7. The van der Waals surface area contributed by atoms with Gasteiger partial charge in [0.25, 0.3) is 0 Å². The van der Waals surface area contributed by atoms with E-state index in [-0.39, 0.29) is 43.6 Å². The van der Waals surface area contributed by atoms with Crippen LogP contribution in [-0.4, -0.2) is 95.9 Å². The molecule has 0 spiro atoms. The summed E-state index contributed by atoms with van der Waals surface area (Å²) in [5.74, 6) is -1.63. The van der Waals surface area contributed by atoms with Gasteiger partial charge in [0.2, 0.25) is 5.90 Å². The maximum atomic E-state index is 13.7. The van der Waals surface area contributed by atoms with Gasteiger partial charge in [0.05, 0.1) is 37.7 Å². The molecule has 4 bridgehead atoms. The smallest absolute Gasteiger partial charge is 0.318 e. The normalized spacial score (nSPS) is 33.4. The van der Waals surface area contributed by atoms with Crippen LogP contribution in [0.25, 0.3) is 0 Å². The summed E-state index contributed by atoms with van der Waals surface area (Å²) in [4.78, 5) is 48.7. The zero-order valence-corrected chi connectivity index (χ0v) is 31.8. The van der Waals surface area contributed by atoms with Crippen LogP contribution in [-0.2, 0) is 44.5 Å². The molecule has 288 valence electrons. The SMILES string of the molecule is C/C1=C/Cc2ccc([nH]2)C2=NC(CC3/C(=C(/C)CCCO)COC3CC(C)C)C(COC(=O)[C@@H](CC(C)C)CC(=O)OC3C1OC(=O)C3(C)CO)O2. The van der Waals surface area contributed by atoms with Crippen molar-refractivity contribution >= 4 is 23.8 Å². The van der Waals surface area contributed by atoms with E-state index in [1.54, 1.807) is 6.92 Å². The van der Waals surface area contributed by atoms with Crippen molar-refractivity contribution in [1.82, 2.24) is 4.98 Å². The molecule has 1 aromatic rings. The van der Waals surface area contributed by atoms with Gasteiger partial charge in [-0.3, -0.25) is 14.4 Å². The average molecular weight is 727 g/mol. The summed E-state index contributed by atoms with van der Waals surface area (Å²) in [5.41, 5.74) is 3.24. The molecule has 2 saturated heterocycles. The lowest BCUT2D eigenvalue weighted by atomic mass is 9.82. The highest BCUT2D eigenvalue weighted by molar-refractivity contribution is 5.94. The number of hydrogen-bond donors (Lipinski definition) is 3. The monoisotopic (exact) mass is 726 g/mol. The maximum absolute atomic E-state index is 13.7. The third-order valence-electron chi connectivity index (χ3n) is 10.9. The van der Waals surface area contributed by atoms with Gasteiger partial charge in [-0.05, 0) is 88.0 Å². The van der Waals surface area contributed by atoms with Crippen LogP contribution >= 0.6 is 0 Å². The molecule has 4 aliphatic heterocycles. The molecule has 1 aromatic heterocycles. The minimum atomic E-state index is -1.46. The number of hydrogen-bond acceptors (Lipinski definition) is 11. The van der Waals surface area contributed by atoms with E-state index in [0.29, 0.717) is 55.4 Å². The van der Waals surface area contributed by atoms with Crippen LogP contribution in [0.15, 0.2) is 39.9 Å². The summed E-state index contributed by atoms with van der Waals surface area (Å²) in [6.45, 7) is 13.8. The van der Waals surface area contributed by atoms with E-state index in [9.17, 15) is 24.6 Å². The number of ether oxygens (including phenoxy) is 5. The summed E-state index contributed by atoms with van der Waals surface area (Å²) in [7, 11) is 0. The molecule has 3 N–H and O–H groups in total. The molecule has 0 aromatic carbocycles.